The molecule has 0 radical (unpaired) electrons. The molecule has 1 N–H and O–H groups in total. The summed E-state index contributed by atoms with van der Waals surface area (Å²) in [6, 6.07) is 5.51. The number of carboxylic acids is 1. The lowest BCUT2D eigenvalue weighted by Gasteiger charge is -2.05. The number of fused-ring (bicyclic) bond motifs is 1. The lowest BCUT2D eigenvalue weighted by Crippen LogP contribution is -1.99. The molecule has 2 aromatic rings. The molecule has 0 unspecified atom stereocenters. The van der Waals surface area contributed by atoms with Gasteiger partial charge in [0, 0.05) is 9.72 Å². The van der Waals surface area contributed by atoms with Gasteiger partial charge in [-0.15, -0.1) is 11.3 Å². The summed E-state index contributed by atoms with van der Waals surface area (Å²) >= 11 is 7.25. The van der Waals surface area contributed by atoms with Crippen LogP contribution in [-0.2, 0) is 0 Å². The van der Waals surface area contributed by atoms with Gasteiger partial charge in [-0.1, -0.05) is 25.4 Å². The molecule has 2 rings (SSSR count). The van der Waals surface area contributed by atoms with Gasteiger partial charge in [0.15, 0.2) is 0 Å². The minimum atomic E-state index is -0.860. The van der Waals surface area contributed by atoms with Crippen molar-refractivity contribution in [2.75, 3.05) is 0 Å². The first kappa shape index (κ1) is 11.4. The summed E-state index contributed by atoms with van der Waals surface area (Å²) in [5.74, 6) is -0.681. The van der Waals surface area contributed by atoms with Gasteiger partial charge in [-0.2, -0.15) is 0 Å². The van der Waals surface area contributed by atoms with Crippen LogP contribution in [-0.4, -0.2) is 11.1 Å². The third-order valence-electron chi connectivity index (χ3n) is 2.46. The number of aromatic carboxylic acids is 1. The number of hydrogen-bond acceptors (Lipinski definition) is 2. The van der Waals surface area contributed by atoms with Crippen LogP contribution < -0.4 is 0 Å². The predicted molar refractivity (Wildman–Crippen MR) is 67.9 cm³/mol. The molecule has 0 saturated heterocycles. The van der Waals surface area contributed by atoms with Crippen LogP contribution in [0.5, 0.6) is 0 Å². The minimum Gasteiger partial charge on any atom is -0.477 e. The fraction of sp³-hybridized carbons (Fsp3) is 0.250. The lowest BCUT2D eigenvalue weighted by molar-refractivity contribution is 0.0701. The van der Waals surface area contributed by atoms with Crippen LogP contribution in [0.2, 0.25) is 5.02 Å². The maximum atomic E-state index is 11.2. The summed E-state index contributed by atoms with van der Waals surface area (Å²) in [7, 11) is 0. The zero-order valence-electron chi connectivity index (χ0n) is 8.95. The first-order valence-corrected chi connectivity index (χ1v) is 6.15. The summed E-state index contributed by atoms with van der Waals surface area (Å²) in [4.78, 5) is 11.6. The van der Waals surface area contributed by atoms with Gasteiger partial charge in [0.2, 0.25) is 0 Å². The molecule has 2 nitrogen and oxygen atoms in total. The van der Waals surface area contributed by atoms with Crippen LogP contribution in [0, 0.1) is 0 Å². The number of halogens is 1. The highest BCUT2D eigenvalue weighted by Crippen LogP contribution is 2.37. The Hall–Kier alpha value is -1.06. The average Bonchev–Trinajstić information content (AvgIpc) is 2.55. The molecule has 0 atom stereocenters. The molecule has 0 amide bonds. The van der Waals surface area contributed by atoms with Crippen LogP contribution in [0.15, 0.2) is 18.2 Å². The fourth-order valence-electron chi connectivity index (χ4n) is 1.82. The summed E-state index contributed by atoms with van der Waals surface area (Å²) in [6.45, 7) is 3.99. The Morgan fingerprint density at radius 3 is 2.69 bits per heavy atom. The van der Waals surface area contributed by atoms with E-state index in [2.05, 4.69) is 0 Å². The van der Waals surface area contributed by atoms with Crippen molar-refractivity contribution >= 4 is 39.0 Å². The Morgan fingerprint density at radius 2 is 2.12 bits per heavy atom. The van der Waals surface area contributed by atoms with E-state index in [1.807, 2.05) is 26.0 Å². The maximum Gasteiger partial charge on any atom is 0.346 e. The smallest absolute Gasteiger partial charge is 0.346 e. The molecule has 0 aliphatic heterocycles. The first-order chi connectivity index (χ1) is 7.50. The van der Waals surface area contributed by atoms with Gasteiger partial charge in [0.1, 0.15) is 4.88 Å². The second-order valence-electron chi connectivity index (χ2n) is 3.95. The molecule has 1 aromatic carbocycles. The summed E-state index contributed by atoms with van der Waals surface area (Å²) in [5, 5.41) is 10.8. The van der Waals surface area contributed by atoms with Crippen molar-refractivity contribution < 1.29 is 9.90 Å². The van der Waals surface area contributed by atoms with E-state index in [0.29, 0.717) is 9.90 Å². The van der Waals surface area contributed by atoms with Crippen LogP contribution in [0.4, 0.5) is 0 Å². The Morgan fingerprint density at radius 1 is 1.44 bits per heavy atom. The molecule has 16 heavy (non-hydrogen) atoms. The second-order valence-corrected chi connectivity index (χ2v) is 5.43. The van der Waals surface area contributed by atoms with Crippen molar-refractivity contribution in [2.45, 2.75) is 19.8 Å². The Balaban J connectivity index is 2.82. The zero-order chi connectivity index (χ0) is 11.9. The number of benzene rings is 1. The first-order valence-electron chi connectivity index (χ1n) is 4.96. The Bertz CT molecular complexity index is 557. The second kappa shape index (κ2) is 4.07. The highest BCUT2D eigenvalue weighted by Gasteiger charge is 2.19. The van der Waals surface area contributed by atoms with E-state index in [1.54, 1.807) is 6.07 Å². The van der Waals surface area contributed by atoms with Crippen molar-refractivity contribution in [3.05, 3.63) is 33.7 Å². The highest BCUT2D eigenvalue weighted by atomic mass is 35.5. The molecular weight excluding hydrogens is 244 g/mol. The van der Waals surface area contributed by atoms with Crippen molar-refractivity contribution in [3.8, 4) is 0 Å². The van der Waals surface area contributed by atoms with E-state index in [1.165, 1.54) is 11.3 Å². The van der Waals surface area contributed by atoms with E-state index in [4.69, 9.17) is 16.7 Å². The van der Waals surface area contributed by atoms with E-state index < -0.39 is 5.97 Å². The molecule has 1 aromatic heterocycles. The standard InChI is InChI=1S/C12H11ClO2S/c1-6(2)10-8-5-7(13)3-4-9(8)16-11(10)12(14)15/h3-6H,1-2H3,(H,14,15). The molecule has 84 valence electrons. The van der Waals surface area contributed by atoms with E-state index in [-0.39, 0.29) is 5.92 Å². The van der Waals surface area contributed by atoms with Crippen molar-refractivity contribution in [2.24, 2.45) is 0 Å². The number of rotatable bonds is 2. The lowest BCUT2D eigenvalue weighted by atomic mass is 9.99. The monoisotopic (exact) mass is 254 g/mol. The minimum absolute atomic E-state index is 0.179. The topological polar surface area (TPSA) is 37.3 Å². The quantitative estimate of drug-likeness (QED) is 0.864. The highest BCUT2D eigenvalue weighted by molar-refractivity contribution is 7.21. The third kappa shape index (κ3) is 1.81. The van der Waals surface area contributed by atoms with Crippen molar-refractivity contribution in [3.63, 3.8) is 0 Å². The van der Waals surface area contributed by atoms with Gasteiger partial charge in [-0.05, 0) is 35.1 Å². The molecule has 0 saturated carbocycles. The number of thiophene rings is 1. The molecular formula is C12H11ClO2S. The van der Waals surface area contributed by atoms with Crippen molar-refractivity contribution in [1.82, 2.24) is 0 Å². The van der Waals surface area contributed by atoms with Gasteiger partial charge in [0.05, 0.1) is 0 Å². The number of carboxylic acid groups (broad SMARTS) is 1. The number of carbonyl (C=O) groups is 1. The summed E-state index contributed by atoms with van der Waals surface area (Å²) in [5.41, 5.74) is 0.884. The summed E-state index contributed by atoms with van der Waals surface area (Å²) in [6.07, 6.45) is 0. The fourth-order valence-corrected chi connectivity index (χ4v) is 3.17. The molecule has 4 heteroatoms. The van der Waals surface area contributed by atoms with E-state index in [0.717, 1.165) is 15.6 Å². The summed E-state index contributed by atoms with van der Waals surface area (Å²) < 4.78 is 0.977. The predicted octanol–water partition coefficient (Wildman–Crippen LogP) is 4.38. The zero-order valence-corrected chi connectivity index (χ0v) is 10.5. The van der Waals surface area contributed by atoms with Gasteiger partial charge in [-0.25, -0.2) is 4.79 Å². The molecule has 0 fully saturated rings. The number of hydrogen-bond donors (Lipinski definition) is 1. The Kier molecular flexibility index (Phi) is 2.91. The Labute approximate surface area is 102 Å². The van der Waals surface area contributed by atoms with Crippen molar-refractivity contribution in [1.29, 1.82) is 0 Å². The van der Waals surface area contributed by atoms with E-state index >= 15 is 0 Å². The molecule has 0 aliphatic carbocycles. The van der Waals surface area contributed by atoms with Crippen LogP contribution >= 0.6 is 22.9 Å². The van der Waals surface area contributed by atoms with Gasteiger partial charge < -0.3 is 5.11 Å². The molecule has 1 heterocycles. The van der Waals surface area contributed by atoms with Crippen LogP contribution in [0.1, 0.15) is 35.0 Å². The van der Waals surface area contributed by atoms with E-state index in [9.17, 15) is 4.79 Å². The molecule has 0 aliphatic rings. The largest absolute Gasteiger partial charge is 0.477 e. The SMILES string of the molecule is CC(C)c1c(C(=O)O)sc2ccc(Cl)cc12. The maximum absolute atomic E-state index is 11.2. The normalized spacial score (nSPS) is 11.2. The molecule has 0 spiro atoms. The van der Waals surface area contributed by atoms with Gasteiger partial charge in [0.25, 0.3) is 0 Å². The van der Waals surface area contributed by atoms with Crippen LogP contribution in [0.3, 0.4) is 0 Å². The molecule has 0 bridgehead atoms. The van der Waals surface area contributed by atoms with Gasteiger partial charge >= 0.3 is 5.97 Å². The van der Waals surface area contributed by atoms with Gasteiger partial charge in [-0.3, -0.25) is 0 Å². The van der Waals surface area contributed by atoms with Crippen LogP contribution in [0.25, 0.3) is 10.1 Å². The average molecular weight is 255 g/mol. The third-order valence-corrected chi connectivity index (χ3v) is 3.87.